The van der Waals surface area contributed by atoms with E-state index in [1.807, 2.05) is 11.8 Å². The molecule has 1 aliphatic rings. The Morgan fingerprint density at radius 1 is 0.952 bits per heavy atom. The molecule has 2 aromatic rings. The highest BCUT2D eigenvalue weighted by molar-refractivity contribution is 8.00. The second-order valence-electron chi connectivity index (χ2n) is 5.89. The van der Waals surface area contributed by atoms with Crippen molar-refractivity contribution in [3.05, 3.63) is 71.8 Å². The Bertz CT molecular complexity index is 509. The third kappa shape index (κ3) is 3.69. The van der Waals surface area contributed by atoms with Gasteiger partial charge in [0, 0.05) is 23.8 Å². The van der Waals surface area contributed by atoms with Gasteiger partial charge in [0.25, 0.3) is 0 Å². The fourth-order valence-corrected chi connectivity index (χ4v) is 3.59. The van der Waals surface area contributed by atoms with Crippen LogP contribution in [0.15, 0.2) is 60.7 Å². The summed E-state index contributed by atoms with van der Waals surface area (Å²) in [6.07, 6.45) is 4.96. The molecule has 0 radical (unpaired) electrons. The first kappa shape index (κ1) is 14.7. The highest BCUT2D eigenvalue weighted by atomic mass is 32.2. The van der Waals surface area contributed by atoms with E-state index in [0.29, 0.717) is 10.7 Å². The number of nitrogens with one attached hydrogen (secondary N) is 1. The molecule has 1 nitrogen and oxygen atoms in total. The zero-order chi connectivity index (χ0) is 14.5. The Hall–Kier alpha value is -1.25. The van der Waals surface area contributed by atoms with Gasteiger partial charge in [-0.25, -0.2) is 0 Å². The summed E-state index contributed by atoms with van der Waals surface area (Å²) < 4.78 is 0.526. The molecule has 0 unspecified atom stereocenters. The maximum atomic E-state index is 3.72. The molecule has 0 aliphatic heterocycles. The first-order chi connectivity index (χ1) is 10.3. The van der Waals surface area contributed by atoms with Crippen molar-refractivity contribution in [2.75, 3.05) is 19.3 Å². The largest absolute Gasteiger partial charge is 0.314 e. The third-order valence-corrected chi connectivity index (χ3v) is 5.86. The highest BCUT2D eigenvalue weighted by Gasteiger charge is 2.41. The summed E-state index contributed by atoms with van der Waals surface area (Å²) in [5.41, 5.74) is 2.79. The molecule has 2 aromatic carbocycles. The van der Waals surface area contributed by atoms with E-state index in [2.05, 4.69) is 72.2 Å². The monoisotopic (exact) mass is 297 g/mol. The van der Waals surface area contributed by atoms with Crippen molar-refractivity contribution >= 4 is 11.8 Å². The highest BCUT2D eigenvalue weighted by Crippen LogP contribution is 2.46. The molecule has 2 heteroatoms. The molecule has 1 saturated carbocycles. The van der Waals surface area contributed by atoms with E-state index < -0.39 is 0 Å². The van der Waals surface area contributed by atoms with Crippen LogP contribution in [0.1, 0.15) is 29.9 Å². The molecule has 1 aliphatic carbocycles. The third-order valence-electron chi connectivity index (χ3n) is 4.44. The molecule has 0 heterocycles. The maximum Gasteiger partial charge on any atom is 0.0282 e. The predicted octanol–water partition coefficient (Wildman–Crippen LogP) is 4.30. The number of hydrogen-bond donors (Lipinski definition) is 1. The number of rotatable bonds is 7. The van der Waals surface area contributed by atoms with E-state index in [1.165, 1.54) is 24.0 Å². The van der Waals surface area contributed by atoms with Crippen molar-refractivity contribution in [1.82, 2.24) is 5.32 Å². The lowest BCUT2D eigenvalue weighted by Gasteiger charge is -2.21. The summed E-state index contributed by atoms with van der Waals surface area (Å²) in [5.74, 6) is 0.435. The van der Waals surface area contributed by atoms with Crippen molar-refractivity contribution in [3.63, 3.8) is 0 Å². The minimum absolute atomic E-state index is 0.435. The number of benzene rings is 2. The van der Waals surface area contributed by atoms with Gasteiger partial charge in [-0.1, -0.05) is 60.7 Å². The van der Waals surface area contributed by atoms with Crippen molar-refractivity contribution in [3.8, 4) is 0 Å². The minimum atomic E-state index is 0.435. The van der Waals surface area contributed by atoms with Crippen LogP contribution in [0.2, 0.25) is 0 Å². The number of hydrogen-bond acceptors (Lipinski definition) is 2. The van der Waals surface area contributed by atoms with Gasteiger partial charge in [0.2, 0.25) is 0 Å². The second-order valence-corrected chi connectivity index (χ2v) is 7.17. The Morgan fingerprint density at radius 2 is 1.48 bits per heavy atom. The van der Waals surface area contributed by atoms with E-state index in [9.17, 15) is 0 Å². The van der Waals surface area contributed by atoms with E-state index in [0.717, 1.165) is 13.1 Å². The molecule has 1 fully saturated rings. The summed E-state index contributed by atoms with van der Waals surface area (Å²) >= 11 is 2.02. The molecule has 0 bridgehead atoms. The van der Waals surface area contributed by atoms with Crippen LogP contribution < -0.4 is 5.32 Å². The van der Waals surface area contributed by atoms with Crippen molar-refractivity contribution in [1.29, 1.82) is 0 Å². The van der Waals surface area contributed by atoms with E-state index in [-0.39, 0.29) is 0 Å². The lowest BCUT2D eigenvalue weighted by atomic mass is 9.91. The molecule has 0 spiro atoms. The van der Waals surface area contributed by atoms with Crippen molar-refractivity contribution in [2.24, 2.45) is 0 Å². The molecule has 0 saturated heterocycles. The fourth-order valence-electron chi connectivity index (χ4n) is 2.84. The molecule has 0 aromatic heterocycles. The van der Waals surface area contributed by atoms with Crippen molar-refractivity contribution < 1.29 is 0 Å². The summed E-state index contributed by atoms with van der Waals surface area (Å²) in [5, 5.41) is 3.72. The van der Waals surface area contributed by atoms with Gasteiger partial charge in [0.15, 0.2) is 0 Å². The van der Waals surface area contributed by atoms with Gasteiger partial charge >= 0.3 is 0 Å². The fraction of sp³-hybridized carbons (Fsp3) is 0.368. The van der Waals surface area contributed by atoms with Gasteiger partial charge in [-0.15, -0.1) is 0 Å². The molecule has 0 amide bonds. The van der Waals surface area contributed by atoms with Crippen LogP contribution in [0, 0.1) is 0 Å². The molecule has 110 valence electrons. The second kappa shape index (κ2) is 6.67. The standard InChI is InChI=1S/C19H23NS/c1-21-19(12-13-19)15-20-14-18(16-8-4-2-5-9-16)17-10-6-3-7-11-17/h2-11,18,20H,12-15H2,1H3. The van der Waals surface area contributed by atoms with E-state index >= 15 is 0 Å². The summed E-state index contributed by atoms with van der Waals surface area (Å²) in [4.78, 5) is 0. The molecular weight excluding hydrogens is 274 g/mol. The van der Waals surface area contributed by atoms with Crippen molar-refractivity contribution in [2.45, 2.75) is 23.5 Å². The van der Waals surface area contributed by atoms with E-state index in [4.69, 9.17) is 0 Å². The average molecular weight is 297 g/mol. The molecule has 0 atom stereocenters. The van der Waals surface area contributed by atoms with Gasteiger partial charge in [0.05, 0.1) is 0 Å². The zero-order valence-electron chi connectivity index (χ0n) is 12.6. The molecule has 1 N–H and O–H groups in total. The van der Waals surface area contributed by atoms with Crippen LogP contribution in [0.25, 0.3) is 0 Å². The summed E-state index contributed by atoms with van der Waals surface area (Å²) in [6.45, 7) is 2.14. The molecular formula is C19H23NS. The lowest BCUT2D eigenvalue weighted by Crippen LogP contribution is -2.30. The van der Waals surface area contributed by atoms with Crippen LogP contribution in [0.5, 0.6) is 0 Å². The first-order valence-electron chi connectivity index (χ1n) is 7.69. The zero-order valence-corrected chi connectivity index (χ0v) is 13.4. The molecule has 3 rings (SSSR count). The summed E-state index contributed by atoms with van der Waals surface area (Å²) in [7, 11) is 0. The topological polar surface area (TPSA) is 12.0 Å². The quantitative estimate of drug-likeness (QED) is 0.817. The summed E-state index contributed by atoms with van der Waals surface area (Å²) in [6, 6.07) is 21.7. The van der Waals surface area contributed by atoms with Crippen LogP contribution in [-0.4, -0.2) is 24.1 Å². The Labute approximate surface area is 132 Å². The Morgan fingerprint density at radius 3 is 1.90 bits per heavy atom. The number of thioether (sulfide) groups is 1. The van der Waals surface area contributed by atoms with Gasteiger partial charge in [-0.05, 0) is 30.2 Å². The first-order valence-corrected chi connectivity index (χ1v) is 8.91. The predicted molar refractivity (Wildman–Crippen MR) is 93.1 cm³/mol. The van der Waals surface area contributed by atoms with E-state index in [1.54, 1.807) is 0 Å². The van der Waals surface area contributed by atoms with Crippen LogP contribution in [-0.2, 0) is 0 Å². The van der Waals surface area contributed by atoms with Crippen LogP contribution in [0.4, 0.5) is 0 Å². The smallest absolute Gasteiger partial charge is 0.0282 e. The minimum Gasteiger partial charge on any atom is -0.314 e. The SMILES string of the molecule is CSC1(CNCC(c2ccccc2)c2ccccc2)CC1. The van der Waals surface area contributed by atoms with Crippen LogP contribution >= 0.6 is 11.8 Å². The Kier molecular flexibility index (Phi) is 4.67. The Balaban J connectivity index is 1.71. The van der Waals surface area contributed by atoms with Gasteiger partial charge < -0.3 is 5.32 Å². The average Bonchev–Trinajstić information content (AvgIpc) is 3.34. The normalized spacial score (nSPS) is 16.1. The van der Waals surface area contributed by atoms with Gasteiger partial charge in [0.1, 0.15) is 0 Å². The van der Waals surface area contributed by atoms with Crippen LogP contribution in [0.3, 0.4) is 0 Å². The van der Waals surface area contributed by atoms with Gasteiger partial charge in [-0.2, -0.15) is 11.8 Å². The molecule has 21 heavy (non-hydrogen) atoms. The lowest BCUT2D eigenvalue weighted by molar-refractivity contribution is 0.619. The van der Waals surface area contributed by atoms with Gasteiger partial charge in [-0.3, -0.25) is 0 Å². The maximum absolute atomic E-state index is 3.72.